The molecule has 1 atom stereocenters. The summed E-state index contributed by atoms with van der Waals surface area (Å²) in [6.45, 7) is 5.01. The third-order valence-electron chi connectivity index (χ3n) is 6.97. The van der Waals surface area contributed by atoms with Crippen molar-refractivity contribution in [2.75, 3.05) is 19.6 Å². The van der Waals surface area contributed by atoms with Crippen LogP contribution in [-0.4, -0.2) is 24.2 Å². The van der Waals surface area contributed by atoms with Crippen molar-refractivity contribution >= 4 is 10.9 Å². The van der Waals surface area contributed by atoms with Gasteiger partial charge in [-0.15, -0.1) is 0 Å². The number of hydrogen-bond donors (Lipinski definition) is 2. The second-order valence-electron chi connectivity index (χ2n) is 9.37. The lowest BCUT2D eigenvalue weighted by atomic mass is 9.88. The zero-order valence-corrected chi connectivity index (χ0v) is 19.2. The first-order valence-electron chi connectivity index (χ1n) is 12.3. The number of rotatable bonds is 10. The monoisotopic (exact) mass is 417 g/mol. The summed E-state index contributed by atoms with van der Waals surface area (Å²) in [5, 5.41) is 5.07. The van der Waals surface area contributed by atoms with Crippen molar-refractivity contribution in [2.45, 2.75) is 70.3 Å². The first kappa shape index (κ1) is 22.1. The lowest BCUT2D eigenvalue weighted by Crippen LogP contribution is -2.21. The topological polar surface area (TPSA) is 43.0 Å². The van der Waals surface area contributed by atoms with E-state index >= 15 is 0 Å². The molecule has 1 aliphatic carbocycles. The zero-order chi connectivity index (χ0) is 21.5. The normalized spacial score (nSPS) is 16.1. The molecule has 3 heteroatoms. The largest absolute Gasteiger partial charge is 0.344 e. The fourth-order valence-corrected chi connectivity index (χ4v) is 5.34. The number of benzene rings is 2. The van der Waals surface area contributed by atoms with E-state index in [9.17, 15) is 0 Å². The maximum atomic E-state index is 5.67. The van der Waals surface area contributed by atoms with E-state index in [-0.39, 0.29) is 0 Å². The van der Waals surface area contributed by atoms with Crippen molar-refractivity contribution in [3.63, 3.8) is 0 Å². The Labute approximate surface area is 188 Å². The Hall–Kier alpha value is -2.10. The molecule has 0 spiro atoms. The Morgan fingerprint density at radius 3 is 2.68 bits per heavy atom. The molecule has 3 aromatic rings. The highest BCUT2D eigenvalue weighted by Crippen LogP contribution is 2.37. The van der Waals surface area contributed by atoms with Crippen molar-refractivity contribution in [1.82, 2.24) is 9.88 Å². The lowest BCUT2D eigenvalue weighted by Gasteiger charge is -2.24. The molecule has 166 valence electrons. The van der Waals surface area contributed by atoms with E-state index in [1.165, 1.54) is 59.7 Å². The minimum Gasteiger partial charge on any atom is -0.344 e. The quantitative estimate of drug-likeness (QED) is 0.391. The molecule has 1 unspecified atom stereocenters. The summed E-state index contributed by atoms with van der Waals surface area (Å²) >= 11 is 0. The molecule has 1 saturated carbocycles. The third-order valence-corrected chi connectivity index (χ3v) is 6.97. The smallest absolute Gasteiger partial charge is 0.0485 e. The number of nitrogens with one attached hydrogen (secondary N) is 1. The number of fused-ring (bicyclic) bond motifs is 1. The van der Waals surface area contributed by atoms with Crippen molar-refractivity contribution < 1.29 is 0 Å². The molecule has 0 bridgehead atoms. The first-order valence-corrected chi connectivity index (χ1v) is 12.3. The predicted octanol–water partition coefficient (Wildman–Crippen LogP) is 6.11. The summed E-state index contributed by atoms with van der Waals surface area (Å²) < 4.78 is 2.62. The predicted molar refractivity (Wildman–Crippen MR) is 133 cm³/mol. The van der Waals surface area contributed by atoms with Gasteiger partial charge in [-0.05, 0) is 81.8 Å². The molecule has 3 nitrogen and oxygen atoms in total. The van der Waals surface area contributed by atoms with Crippen LogP contribution >= 0.6 is 0 Å². The molecule has 2 aromatic carbocycles. The van der Waals surface area contributed by atoms with Crippen molar-refractivity contribution in [1.29, 1.82) is 0 Å². The molecule has 0 amide bonds. The van der Waals surface area contributed by atoms with Crippen LogP contribution in [-0.2, 0) is 6.42 Å². The van der Waals surface area contributed by atoms with E-state index < -0.39 is 0 Å². The van der Waals surface area contributed by atoms with Crippen LogP contribution in [0.15, 0.2) is 54.7 Å². The van der Waals surface area contributed by atoms with Crippen LogP contribution in [0.2, 0.25) is 0 Å². The molecule has 0 aliphatic heterocycles. The number of nitrogens with two attached hydrogens (primary N) is 1. The van der Waals surface area contributed by atoms with Crippen LogP contribution in [0.3, 0.4) is 0 Å². The van der Waals surface area contributed by atoms with Crippen LogP contribution in [0.25, 0.3) is 10.9 Å². The van der Waals surface area contributed by atoms with Gasteiger partial charge in [-0.25, -0.2) is 0 Å². The van der Waals surface area contributed by atoms with Gasteiger partial charge in [0.2, 0.25) is 0 Å². The Balaban J connectivity index is 1.64. The van der Waals surface area contributed by atoms with Crippen molar-refractivity contribution in [3.8, 4) is 0 Å². The molecule has 1 aromatic heterocycles. The average Bonchev–Trinajstić information content (AvgIpc) is 3.18. The molecule has 0 saturated heterocycles. The first-order chi connectivity index (χ1) is 15.3. The summed E-state index contributed by atoms with van der Waals surface area (Å²) in [4.78, 5) is 0. The minimum atomic E-state index is 0.516. The Kier molecular flexibility index (Phi) is 7.82. The molecule has 1 fully saturated rings. The van der Waals surface area contributed by atoms with Gasteiger partial charge in [0.15, 0.2) is 0 Å². The summed E-state index contributed by atoms with van der Waals surface area (Å²) in [6, 6.07) is 18.8. The molecule has 31 heavy (non-hydrogen) atoms. The van der Waals surface area contributed by atoms with E-state index in [2.05, 4.69) is 71.5 Å². The molecule has 1 aliphatic rings. The van der Waals surface area contributed by atoms with Gasteiger partial charge < -0.3 is 15.6 Å². The van der Waals surface area contributed by atoms with Gasteiger partial charge in [-0.1, -0.05) is 67.3 Å². The molecule has 0 radical (unpaired) electrons. The third kappa shape index (κ3) is 5.58. The Morgan fingerprint density at radius 1 is 1.03 bits per heavy atom. The summed E-state index contributed by atoms with van der Waals surface area (Å²) in [5.74, 6) is 0.516. The van der Waals surface area contributed by atoms with E-state index in [0.29, 0.717) is 12.0 Å². The van der Waals surface area contributed by atoms with Gasteiger partial charge >= 0.3 is 0 Å². The van der Waals surface area contributed by atoms with Gasteiger partial charge in [0.1, 0.15) is 0 Å². The summed E-state index contributed by atoms with van der Waals surface area (Å²) in [6.07, 6.45) is 12.6. The maximum Gasteiger partial charge on any atom is 0.0485 e. The molecule has 4 rings (SSSR count). The van der Waals surface area contributed by atoms with Crippen molar-refractivity contribution in [3.05, 3.63) is 71.4 Å². The molecular formula is C28H39N3. The fraction of sp³-hybridized carbons (Fsp3) is 0.500. The van der Waals surface area contributed by atoms with Gasteiger partial charge in [0.05, 0.1) is 0 Å². The maximum absolute atomic E-state index is 5.67. The van der Waals surface area contributed by atoms with Crippen LogP contribution in [0.5, 0.6) is 0 Å². The van der Waals surface area contributed by atoms with Gasteiger partial charge in [-0.3, -0.25) is 0 Å². The Bertz CT molecular complexity index is 952. The SMILES string of the molecule is Cc1cccc(CC(CCNCCCN)c2cn(C3CCCCC3)c3ccccc23)c1. The van der Waals surface area contributed by atoms with E-state index in [1.54, 1.807) is 0 Å². The highest BCUT2D eigenvalue weighted by Gasteiger charge is 2.22. The molecule has 3 N–H and O–H groups in total. The average molecular weight is 418 g/mol. The van der Waals surface area contributed by atoms with Gasteiger partial charge in [0, 0.05) is 23.1 Å². The van der Waals surface area contributed by atoms with E-state index in [0.717, 1.165) is 38.9 Å². The molecule has 1 heterocycles. The summed E-state index contributed by atoms with van der Waals surface area (Å²) in [5.41, 5.74) is 11.4. The van der Waals surface area contributed by atoms with Crippen molar-refractivity contribution in [2.24, 2.45) is 5.73 Å². The fourth-order valence-electron chi connectivity index (χ4n) is 5.34. The number of aryl methyl sites for hydroxylation is 1. The highest BCUT2D eigenvalue weighted by molar-refractivity contribution is 5.84. The van der Waals surface area contributed by atoms with Crippen LogP contribution in [0.4, 0.5) is 0 Å². The van der Waals surface area contributed by atoms with Gasteiger partial charge in [0.25, 0.3) is 0 Å². The van der Waals surface area contributed by atoms with Gasteiger partial charge in [-0.2, -0.15) is 0 Å². The summed E-state index contributed by atoms with van der Waals surface area (Å²) in [7, 11) is 0. The number of hydrogen-bond acceptors (Lipinski definition) is 2. The van der Waals surface area contributed by atoms with Crippen LogP contribution < -0.4 is 11.1 Å². The molecular weight excluding hydrogens is 378 g/mol. The second-order valence-corrected chi connectivity index (χ2v) is 9.37. The van der Waals surface area contributed by atoms with E-state index in [1.807, 2.05) is 0 Å². The standard InChI is InChI=1S/C28H39N3/c1-22-9-7-10-23(19-22)20-24(15-18-30-17-8-16-29)27-21-31(25-11-3-2-4-12-25)28-14-6-5-13-26(27)28/h5-7,9-10,13-14,19,21,24-25,30H,2-4,8,11-12,15-18,20,29H2,1H3. The zero-order valence-electron chi connectivity index (χ0n) is 19.2. The van der Waals surface area contributed by atoms with Crippen LogP contribution in [0, 0.1) is 6.92 Å². The van der Waals surface area contributed by atoms with E-state index in [4.69, 9.17) is 5.73 Å². The number of para-hydroxylation sites is 1. The van der Waals surface area contributed by atoms with Crippen LogP contribution in [0.1, 0.15) is 73.6 Å². The highest BCUT2D eigenvalue weighted by atomic mass is 15.0. The lowest BCUT2D eigenvalue weighted by molar-refractivity contribution is 0.360. The number of nitrogens with zero attached hydrogens (tertiary/aromatic N) is 1. The minimum absolute atomic E-state index is 0.516. The second kappa shape index (κ2) is 11.0. The Morgan fingerprint density at radius 2 is 1.87 bits per heavy atom. The number of aromatic nitrogens is 1.